The van der Waals surface area contributed by atoms with Crippen molar-refractivity contribution in [3.05, 3.63) is 35.9 Å². The summed E-state index contributed by atoms with van der Waals surface area (Å²) in [7, 11) is 0. The van der Waals surface area contributed by atoms with Crippen molar-refractivity contribution in [2.75, 3.05) is 18.1 Å². The zero-order chi connectivity index (χ0) is 14.8. The van der Waals surface area contributed by atoms with Gasteiger partial charge in [0.15, 0.2) is 0 Å². The molecule has 0 aromatic heterocycles. The summed E-state index contributed by atoms with van der Waals surface area (Å²) in [6.45, 7) is 0.0538. The Labute approximate surface area is 121 Å². The highest BCUT2D eigenvalue weighted by molar-refractivity contribution is 7.99. The number of benzene rings is 1. The van der Waals surface area contributed by atoms with Gasteiger partial charge in [0.25, 0.3) is 0 Å². The molecule has 1 unspecified atom stereocenters. The van der Waals surface area contributed by atoms with Gasteiger partial charge in [0, 0.05) is 11.5 Å². The van der Waals surface area contributed by atoms with Crippen molar-refractivity contribution in [1.82, 2.24) is 5.32 Å². The normalized spacial score (nSPS) is 11.7. The molecule has 0 heterocycles. The lowest BCUT2D eigenvalue weighted by Gasteiger charge is -2.14. The van der Waals surface area contributed by atoms with Gasteiger partial charge >= 0.3 is 12.1 Å². The van der Waals surface area contributed by atoms with Gasteiger partial charge in [-0.3, -0.25) is 0 Å². The number of aliphatic hydroxyl groups is 1. The van der Waals surface area contributed by atoms with Crippen molar-refractivity contribution >= 4 is 23.8 Å². The number of carbonyl (C=O) groups is 2. The molecule has 6 nitrogen and oxygen atoms in total. The van der Waals surface area contributed by atoms with Crippen LogP contribution in [-0.2, 0) is 16.1 Å². The number of nitrogens with one attached hydrogen (secondary N) is 1. The molecule has 1 atom stereocenters. The summed E-state index contributed by atoms with van der Waals surface area (Å²) in [5.41, 5.74) is 0.823. The molecule has 1 aromatic carbocycles. The molecule has 0 fully saturated rings. The molecule has 0 aliphatic carbocycles. The number of alkyl carbamates (subject to hydrolysis) is 1. The second-order valence-corrected chi connectivity index (χ2v) is 5.05. The minimum Gasteiger partial charge on any atom is -0.480 e. The van der Waals surface area contributed by atoms with E-state index in [1.165, 1.54) is 11.8 Å². The average Bonchev–Trinajstić information content (AvgIpc) is 2.45. The number of hydrogen-bond acceptors (Lipinski definition) is 5. The van der Waals surface area contributed by atoms with Gasteiger partial charge < -0.3 is 20.3 Å². The zero-order valence-corrected chi connectivity index (χ0v) is 11.6. The van der Waals surface area contributed by atoms with Crippen LogP contribution in [-0.4, -0.2) is 46.4 Å². The number of carbonyl (C=O) groups excluding carboxylic acids is 1. The van der Waals surface area contributed by atoms with E-state index in [2.05, 4.69) is 5.32 Å². The molecule has 0 spiro atoms. The molecule has 1 rings (SSSR count). The fraction of sp³-hybridized carbons (Fsp3) is 0.385. The predicted molar refractivity (Wildman–Crippen MR) is 75.6 cm³/mol. The van der Waals surface area contributed by atoms with Gasteiger partial charge in [-0.05, 0) is 5.56 Å². The summed E-state index contributed by atoms with van der Waals surface area (Å²) in [6, 6.07) is 8.07. The topological polar surface area (TPSA) is 95.9 Å². The Kier molecular flexibility index (Phi) is 7.52. The van der Waals surface area contributed by atoms with E-state index in [0.29, 0.717) is 5.75 Å². The summed E-state index contributed by atoms with van der Waals surface area (Å²) < 4.78 is 4.94. The second-order valence-electron chi connectivity index (χ2n) is 3.90. The third-order valence-corrected chi connectivity index (χ3v) is 3.36. The summed E-state index contributed by atoms with van der Waals surface area (Å²) in [6.07, 6.45) is -0.772. The molecule has 7 heteroatoms. The average molecular weight is 299 g/mol. The fourth-order valence-corrected chi connectivity index (χ4v) is 2.10. The third-order valence-electron chi connectivity index (χ3n) is 2.32. The number of aliphatic hydroxyl groups excluding tert-OH is 1. The van der Waals surface area contributed by atoms with Crippen molar-refractivity contribution in [2.24, 2.45) is 0 Å². The molecule has 1 amide bonds. The van der Waals surface area contributed by atoms with E-state index in [4.69, 9.17) is 14.9 Å². The van der Waals surface area contributed by atoms with Gasteiger partial charge in [0.1, 0.15) is 12.6 Å². The molecule has 3 N–H and O–H groups in total. The van der Waals surface area contributed by atoms with Gasteiger partial charge in [0.2, 0.25) is 0 Å². The Hall–Kier alpha value is -1.73. The van der Waals surface area contributed by atoms with Crippen LogP contribution in [0.15, 0.2) is 30.3 Å². The molecule has 0 bridgehead atoms. The SMILES string of the molecule is O=C(NC(CSCCO)C(=O)O)OCc1ccccc1. The van der Waals surface area contributed by atoms with Crippen LogP contribution in [0, 0.1) is 0 Å². The van der Waals surface area contributed by atoms with Gasteiger partial charge in [-0.1, -0.05) is 30.3 Å². The number of carboxylic acids is 1. The number of carboxylic acid groups (broad SMARTS) is 1. The number of ether oxygens (including phenoxy) is 1. The van der Waals surface area contributed by atoms with Crippen LogP contribution in [0.1, 0.15) is 5.56 Å². The molecule has 0 saturated carbocycles. The van der Waals surface area contributed by atoms with E-state index < -0.39 is 18.1 Å². The van der Waals surface area contributed by atoms with E-state index >= 15 is 0 Å². The van der Waals surface area contributed by atoms with Crippen LogP contribution in [0.5, 0.6) is 0 Å². The molecular formula is C13H17NO5S. The number of amides is 1. The van der Waals surface area contributed by atoms with E-state index in [-0.39, 0.29) is 19.0 Å². The number of hydrogen-bond donors (Lipinski definition) is 3. The van der Waals surface area contributed by atoms with E-state index in [1.807, 2.05) is 18.2 Å². The number of thioether (sulfide) groups is 1. The largest absolute Gasteiger partial charge is 0.480 e. The third kappa shape index (κ3) is 6.44. The highest BCUT2D eigenvalue weighted by Gasteiger charge is 2.20. The number of rotatable bonds is 8. The van der Waals surface area contributed by atoms with Gasteiger partial charge in [-0.25, -0.2) is 9.59 Å². The molecule has 0 radical (unpaired) electrons. The maximum atomic E-state index is 11.5. The van der Waals surface area contributed by atoms with Crippen molar-refractivity contribution in [2.45, 2.75) is 12.6 Å². The molecule has 20 heavy (non-hydrogen) atoms. The van der Waals surface area contributed by atoms with Crippen LogP contribution in [0.3, 0.4) is 0 Å². The highest BCUT2D eigenvalue weighted by atomic mass is 32.2. The second kappa shape index (κ2) is 9.22. The molecule has 1 aromatic rings. The minimum atomic E-state index is -1.13. The van der Waals surface area contributed by atoms with Crippen molar-refractivity contribution < 1.29 is 24.5 Å². The van der Waals surface area contributed by atoms with Gasteiger partial charge in [0.05, 0.1) is 6.61 Å². The summed E-state index contributed by atoms with van der Waals surface area (Å²) in [5.74, 6) is -0.534. The van der Waals surface area contributed by atoms with Gasteiger partial charge in [-0.15, -0.1) is 0 Å². The van der Waals surface area contributed by atoms with Gasteiger partial charge in [-0.2, -0.15) is 11.8 Å². The lowest BCUT2D eigenvalue weighted by atomic mass is 10.2. The Morgan fingerprint density at radius 2 is 2.00 bits per heavy atom. The Balaban J connectivity index is 2.36. The molecule has 0 aliphatic rings. The minimum absolute atomic E-state index is 0.0323. The maximum Gasteiger partial charge on any atom is 0.408 e. The summed E-state index contributed by atoms with van der Waals surface area (Å²) in [5, 5.41) is 19.9. The Morgan fingerprint density at radius 3 is 2.60 bits per heavy atom. The van der Waals surface area contributed by atoms with Crippen molar-refractivity contribution in [1.29, 1.82) is 0 Å². The molecule has 0 aliphatic heterocycles. The monoisotopic (exact) mass is 299 g/mol. The lowest BCUT2D eigenvalue weighted by molar-refractivity contribution is -0.138. The fourth-order valence-electron chi connectivity index (χ4n) is 1.35. The first kappa shape index (κ1) is 16.3. The van der Waals surface area contributed by atoms with Crippen LogP contribution >= 0.6 is 11.8 Å². The first-order chi connectivity index (χ1) is 9.63. The van der Waals surface area contributed by atoms with E-state index in [0.717, 1.165) is 5.56 Å². The highest BCUT2D eigenvalue weighted by Crippen LogP contribution is 2.04. The summed E-state index contributed by atoms with van der Waals surface area (Å²) in [4.78, 5) is 22.5. The molecule has 0 saturated heterocycles. The van der Waals surface area contributed by atoms with Crippen LogP contribution in [0.4, 0.5) is 4.79 Å². The first-order valence-corrected chi connectivity index (χ1v) is 7.17. The van der Waals surface area contributed by atoms with Crippen LogP contribution < -0.4 is 5.32 Å². The van der Waals surface area contributed by atoms with Crippen molar-refractivity contribution in [3.63, 3.8) is 0 Å². The van der Waals surface area contributed by atoms with Crippen LogP contribution in [0.25, 0.3) is 0 Å². The molecular weight excluding hydrogens is 282 g/mol. The Bertz CT molecular complexity index is 426. The van der Waals surface area contributed by atoms with Crippen molar-refractivity contribution in [3.8, 4) is 0 Å². The first-order valence-electron chi connectivity index (χ1n) is 6.02. The van der Waals surface area contributed by atoms with E-state index in [9.17, 15) is 9.59 Å². The molecule has 110 valence electrons. The predicted octanol–water partition coefficient (Wildman–Crippen LogP) is 1.09. The Morgan fingerprint density at radius 1 is 1.30 bits per heavy atom. The summed E-state index contributed by atoms with van der Waals surface area (Å²) >= 11 is 1.25. The van der Waals surface area contributed by atoms with Crippen LogP contribution in [0.2, 0.25) is 0 Å². The zero-order valence-electron chi connectivity index (χ0n) is 10.8. The smallest absolute Gasteiger partial charge is 0.408 e. The number of aliphatic carboxylic acids is 1. The lowest BCUT2D eigenvalue weighted by Crippen LogP contribution is -2.42. The standard InChI is InChI=1S/C13H17NO5S/c15-6-7-20-9-11(12(16)17)14-13(18)19-8-10-4-2-1-3-5-10/h1-5,11,15H,6-9H2,(H,14,18)(H,16,17). The quantitative estimate of drug-likeness (QED) is 0.622. The maximum absolute atomic E-state index is 11.5. The van der Waals surface area contributed by atoms with E-state index in [1.54, 1.807) is 12.1 Å².